The highest BCUT2D eigenvalue weighted by Crippen LogP contribution is 2.31. The van der Waals surface area contributed by atoms with E-state index >= 15 is 0 Å². The SMILES string of the molecule is C=Cc1ccc(CN(C)C[C@H](O)CNC(C)(C)CC2Cc3ccccc3C2)cc1.O=C=O. The molecule has 0 heterocycles. The molecule has 0 amide bonds. The van der Waals surface area contributed by atoms with Crippen molar-refractivity contribution in [1.82, 2.24) is 10.2 Å². The van der Waals surface area contributed by atoms with Crippen LogP contribution < -0.4 is 5.32 Å². The molecule has 1 atom stereocenters. The van der Waals surface area contributed by atoms with Crippen molar-refractivity contribution in [3.05, 3.63) is 77.4 Å². The maximum Gasteiger partial charge on any atom is 0.373 e. The second kappa shape index (κ2) is 12.5. The van der Waals surface area contributed by atoms with Gasteiger partial charge < -0.3 is 10.4 Å². The van der Waals surface area contributed by atoms with Crippen molar-refractivity contribution in [3.8, 4) is 0 Å². The topological polar surface area (TPSA) is 69.6 Å². The predicted octanol–water partition coefficient (Wildman–Crippen LogP) is 3.71. The zero-order valence-corrected chi connectivity index (χ0v) is 19.5. The fraction of sp³-hybridized carbons (Fsp3) is 0.444. The van der Waals surface area contributed by atoms with Gasteiger partial charge in [-0.15, -0.1) is 0 Å². The molecule has 1 aliphatic rings. The molecule has 0 spiro atoms. The minimum absolute atomic E-state index is 0.0206. The van der Waals surface area contributed by atoms with E-state index in [2.05, 4.69) is 86.2 Å². The number of hydrogen-bond donors (Lipinski definition) is 2. The summed E-state index contributed by atoms with van der Waals surface area (Å²) in [7, 11) is 2.06. The molecule has 0 fully saturated rings. The maximum absolute atomic E-state index is 10.5. The van der Waals surface area contributed by atoms with Crippen LogP contribution in [0.3, 0.4) is 0 Å². The molecule has 0 aromatic heterocycles. The summed E-state index contributed by atoms with van der Waals surface area (Å²) >= 11 is 0. The molecule has 0 saturated heterocycles. The van der Waals surface area contributed by atoms with Crippen molar-refractivity contribution >= 4 is 12.2 Å². The van der Waals surface area contributed by atoms with Crippen molar-refractivity contribution in [1.29, 1.82) is 0 Å². The van der Waals surface area contributed by atoms with Crippen molar-refractivity contribution < 1.29 is 14.7 Å². The molecule has 1 aliphatic carbocycles. The Morgan fingerprint density at radius 1 is 1.16 bits per heavy atom. The van der Waals surface area contributed by atoms with Gasteiger partial charge in [0.1, 0.15) is 0 Å². The highest BCUT2D eigenvalue weighted by molar-refractivity contribution is 5.47. The number of nitrogens with zero attached hydrogens (tertiary/aromatic N) is 1. The first kappa shape index (κ1) is 25.7. The Balaban J connectivity index is 0.00000114. The molecule has 5 nitrogen and oxygen atoms in total. The normalized spacial score (nSPS) is 14.3. The summed E-state index contributed by atoms with van der Waals surface area (Å²) in [6.07, 6.45) is 5.20. The van der Waals surface area contributed by atoms with Gasteiger partial charge in [0.25, 0.3) is 0 Å². The molecule has 32 heavy (non-hydrogen) atoms. The van der Waals surface area contributed by atoms with Gasteiger partial charge in [0.15, 0.2) is 0 Å². The zero-order valence-electron chi connectivity index (χ0n) is 19.5. The molecule has 0 saturated carbocycles. The van der Waals surface area contributed by atoms with E-state index in [1.807, 2.05) is 6.08 Å². The first-order valence-electron chi connectivity index (χ1n) is 11.2. The van der Waals surface area contributed by atoms with Gasteiger partial charge in [-0.05, 0) is 68.3 Å². The summed E-state index contributed by atoms with van der Waals surface area (Å²) < 4.78 is 0. The van der Waals surface area contributed by atoms with Gasteiger partial charge >= 0.3 is 6.15 Å². The number of β-amino-alcohol motifs (C(OH)–C–C–N with tert-alkyl or cyclic N) is 1. The van der Waals surface area contributed by atoms with E-state index in [1.165, 1.54) is 29.5 Å². The Labute approximate surface area is 192 Å². The van der Waals surface area contributed by atoms with Crippen LogP contribution in [0.5, 0.6) is 0 Å². The molecule has 0 unspecified atom stereocenters. The lowest BCUT2D eigenvalue weighted by molar-refractivity contribution is -0.191. The minimum atomic E-state index is -0.382. The maximum atomic E-state index is 10.5. The van der Waals surface area contributed by atoms with Crippen LogP contribution in [0.2, 0.25) is 0 Å². The Morgan fingerprint density at radius 3 is 2.25 bits per heavy atom. The van der Waals surface area contributed by atoms with Gasteiger partial charge in [-0.1, -0.05) is 61.2 Å². The Morgan fingerprint density at radius 2 is 1.72 bits per heavy atom. The second-order valence-corrected chi connectivity index (χ2v) is 9.39. The highest BCUT2D eigenvalue weighted by atomic mass is 16.3. The van der Waals surface area contributed by atoms with Crippen molar-refractivity contribution in [2.24, 2.45) is 5.92 Å². The molecule has 2 N–H and O–H groups in total. The standard InChI is InChI=1S/C26H36N2O.CO2/c1-5-20-10-12-21(13-11-20)18-28(4)19-25(29)17-27-26(2,3)16-22-14-23-8-6-7-9-24(23)15-22;2-1-3/h5-13,22,25,27,29H,1,14-19H2,2-4H3;/t25-;/m1./s1. The summed E-state index contributed by atoms with van der Waals surface area (Å²) in [5.74, 6) is 0.688. The van der Waals surface area contributed by atoms with Gasteiger partial charge in [-0.2, -0.15) is 9.59 Å². The summed E-state index contributed by atoms with van der Waals surface area (Å²) in [6, 6.07) is 17.2. The number of fused-ring (bicyclic) bond motifs is 1. The lowest BCUT2D eigenvalue weighted by atomic mass is 9.88. The number of likely N-dealkylation sites (N-methyl/N-ethyl adjacent to an activating group) is 1. The lowest BCUT2D eigenvalue weighted by Crippen LogP contribution is -2.47. The van der Waals surface area contributed by atoms with E-state index in [0.29, 0.717) is 19.0 Å². The number of benzene rings is 2. The average molecular weight is 437 g/mol. The van der Waals surface area contributed by atoms with Gasteiger partial charge in [-0.3, -0.25) is 4.90 Å². The van der Waals surface area contributed by atoms with E-state index < -0.39 is 0 Å². The largest absolute Gasteiger partial charge is 0.390 e. The van der Waals surface area contributed by atoms with Crippen molar-refractivity contribution in [2.45, 2.75) is 51.3 Å². The second-order valence-electron chi connectivity index (χ2n) is 9.39. The fourth-order valence-electron chi connectivity index (χ4n) is 4.54. The monoisotopic (exact) mass is 436 g/mol. The average Bonchev–Trinajstić information content (AvgIpc) is 3.15. The number of aliphatic hydroxyl groups excluding tert-OH is 1. The van der Waals surface area contributed by atoms with Crippen molar-refractivity contribution in [3.63, 3.8) is 0 Å². The molecule has 2 aromatic rings. The van der Waals surface area contributed by atoms with Gasteiger partial charge in [0.05, 0.1) is 6.10 Å². The smallest absolute Gasteiger partial charge is 0.373 e. The van der Waals surface area contributed by atoms with Crippen LogP contribution in [0.4, 0.5) is 0 Å². The van der Waals surface area contributed by atoms with E-state index in [4.69, 9.17) is 9.59 Å². The third-order valence-electron chi connectivity index (χ3n) is 5.94. The minimum Gasteiger partial charge on any atom is -0.390 e. The predicted molar refractivity (Wildman–Crippen MR) is 128 cm³/mol. The molecule has 2 aromatic carbocycles. The molecular formula is C27H36N2O3. The molecule has 172 valence electrons. The van der Waals surface area contributed by atoms with Crippen LogP contribution in [0.15, 0.2) is 55.1 Å². The van der Waals surface area contributed by atoms with Crippen LogP contribution in [0.1, 0.15) is 42.5 Å². The van der Waals surface area contributed by atoms with Gasteiger partial charge in [-0.25, -0.2) is 0 Å². The van der Waals surface area contributed by atoms with Crippen molar-refractivity contribution in [2.75, 3.05) is 20.1 Å². The Hall–Kier alpha value is -2.56. The molecular weight excluding hydrogens is 400 g/mol. The third kappa shape index (κ3) is 8.52. The fourth-order valence-corrected chi connectivity index (χ4v) is 4.54. The first-order chi connectivity index (χ1) is 15.3. The first-order valence-corrected chi connectivity index (χ1v) is 11.2. The highest BCUT2D eigenvalue weighted by Gasteiger charge is 2.28. The molecule has 0 radical (unpaired) electrons. The van der Waals surface area contributed by atoms with Crippen LogP contribution in [0.25, 0.3) is 6.08 Å². The number of carbonyl (C=O) groups excluding carboxylic acids is 2. The van der Waals surface area contributed by atoms with Crippen LogP contribution in [0, 0.1) is 5.92 Å². The summed E-state index contributed by atoms with van der Waals surface area (Å²) in [5, 5.41) is 14.1. The number of rotatable bonds is 10. The number of nitrogens with one attached hydrogen (secondary N) is 1. The Kier molecular flexibility index (Phi) is 10.0. The number of aliphatic hydroxyl groups is 1. The molecule has 5 heteroatoms. The lowest BCUT2D eigenvalue weighted by Gasteiger charge is -2.31. The van der Waals surface area contributed by atoms with E-state index in [1.54, 1.807) is 0 Å². The third-order valence-corrected chi connectivity index (χ3v) is 5.94. The van der Waals surface area contributed by atoms with Gasteiger partial charge in [0, 0.05) is 25.2 Å². The Bertz CT molecular complexity index is 861. The quantitative estimate of drug-likeness (QED) is 0.594. The van der Waals surface area contributed by atoms with Crippen LogP contribution in [-0.4, -0.2) is 47.9 Å². The van der Waals surface area contributed by atoms with Gasteiger partial charge in [0.2, 0.25) is 0 Å². The zero-order chi connectivity index (χ0) is 23.6. The van der Waals surface area contributed by atoms with E-state index in [0.717, 1.165) is 18.5 Å². The van der Waals surface area contributed by atoms with Crippen LogP contribution >= 0.6 is 0 Å². The summed E-state index contributed by atoms with van der Waals surface area (Å²) in [6.45, 7) is 10.4. The molecule has 0 aliphatic heterocycles. The van der Waals surface area contributed by atoms with E-state index in [-0.39, 0.29) is 17.8 Å². The summed E-state index contributed by atoms with van der Waals surface area (Å²) in [5.41, 5.74) is 5.42. The summed E-state index contributed by atoms with van der Waals surface area (Å²) in [4.78, 5) is 18.4. The van der Waals surface area contributed by atoms with Crippen LogP contribution in [-0.2, 0) is 29.0 Å². The molecule has 0 bridgehead atoms. The number of hydrogen-bond acceptors (Lipinski definition) is 5. The van der Waals surface area contributed by atoms with E-state index in [9.17, 15) is 5.11 Å². The molecule has 3 rings (SSSR count).